The van der Waals surface area contributed by atoms with Gasteiger partial charge in [0.15, 0.2) is 5.82 Å². The summed E-state index contributed by atoms with van der Waals surface area (Å²) in [6.07, 6.45) is 2.33. The molecular weight excluding hydrogens is 345 g/mol. The average molecular weight is 359 g/mol. The Morgan fingerprint density at radius 3 is 2.95 bits per heavy atom. The quantitative estimate of drug-likeness (QED) is 0.707. The summed E-state index contributed by atoms with van der Waals surface area (Å²) in [6.45, 7) is 4.05. The van der Waals surface area contributed by atoms with E-state index in [1.165, 1.54) is 6.42 Å². The molecule has 2 aromatic rings. The number of fused-ring (bicyclic) bond motifs is 1. The molecule has 1 fully saturated rings. The zero-order valence-corrected chi connectivity index (χ0v) is 13.4. The molecule has 0 aliphatic carbocycles. The lowest BCUT2D eigenvalue weighted by Gasteiger charge is -2.32. The SMILES string of the molecule is CC1CCCN(c2nc(Cl)nc3c(F)c(Br)ccc23)C1. The minimum absolute atomic E-state index is 0.0859. The predicted molar refractivity (Wildman–Crippen MR) is 82.8 cm³/mol. The lowest BCUT2D eigenvalue weighted by Crippen LogP contribution is -2.35. The van der Waals surface area contributed by atoms with Crippen molar-refractivity contribution in [2.75, 3.05) is 18.0 Å². The molecule has 1 unspecified atom stereocenters. The first kappa shape index (κ1) is 14.0. The summed E-state index contributed by atoms with van der Waals surface area (Å²) in [5.74, 6) is 0.948. The van der Waals surface area contributed by atoms with Gasteiger partial charge in [-0.1, -0.05) is 6.92 Å². The number of anilines is 1. The van der Waals surface area contributed by atoms with Crippen molar-refractivity contribution in [1.29, 1.82) is 0 Å². The normalized spacial score (nSPS) is 19.6. The molecule has 0 radical (unpaired) electrons. The van der Waals surface area contributed by atoms with Gasteiger partial charge < -0.3 is 4.90 Å². The van der Waals surface area contributed by atoms with Crippen LogP contribution >= 0.6 is 27.5 Å². The first-order chi connectivity index (χ1) is 9.56. The van der Waals surface area contributed by atoms with Crippen LogP contribution in [0, 0.1) is 11.7 Å². The van der Waals surface area contributed by atoms with Crippen LogP contribution in [0.5, 0.6) is 0 Å². The summed E-state index contributed by atoms with van der Waals surface area (Å²) in [4.78, 5) is 10.5. The van der Waals surface area contributed by atoms with Crippen molar-refractivity contribution in [3.63, 3.8) is 0 Å². The highest BCUT2D eigenvalue weighted by atomic mass is 79.9. The molecule has 3 rings (SSSR count). The summed E-state index contributed by atoms with van der Waals surface area (Å²) < 4.78 is 14.6. The maximum Gasteiger partial charge on any atom is 0.225 e. The Hall–Kier alpha value is -0.940. The van der Waals surface area contributed by atoms with Gasteiger partial charge >= 0.3 is 0 Å². The molecule has 1 aromatic carbocycles. The molecule has 0 bridgehead atoms. The summed E-state index contributed by atoms with van der Waals surface area (Å²) in [7, 11) is 0. The molecule has 6 heteroatoms. The second kappa shape index (κ2) is 5.45. The first-order valence-corrected chi connectivity index (χ1v) is 7.79. The van der Waals surface area contributed by atoms with Gasteiger partial charge in [0.2, 0.25) is 5.28 Å². The maximum atomic E-state index is 14.2. The molecule has 3 nitrogen and oxygen atoms in total. The van der Waals surface area contributed by atoms with Crippen LogP contribution in [0.2, 0.25) is 5.28 Å². The number of nitrogens with zero attached hydrogens (tertiary/aromatic N) is 3. The zero-order chi connectivity index (χ0) is 14.3. The highest BCUT2D eigenvalue weighted by molar-refractivity contribution is 9.10. The van der Waals surface area contributed by atoms with E-state index in [1.807, 2.05) is 6.07 Å². The van der Waals surface area contributed by atoms with Gasteiger partial charge in [0, 0.05) is 18.5 Å². The van der Waals surface area contributed by atoms with Gasteiger partial charge in [0.05, 0.1) is 4.47 Å². The minimum Gasteiger partial charge on any atom is -0.356 e. The van der Waals surface area contributed by atoms with Gasteiger partial charge in [-0.05, 0) is 58.4 Å². The van der Waals surface area contributed by atoms with Crippen LogP contribution in [-0.4, -0.2) is 23.1 Å². The number of aromatic nitrogens is 2. The molecule has 106 valence electrons. The monoisotopic (exact) mass is 357 g/mol. The Morgan fingerprint density at radius 2 is 2.20 bits per heavy atom. The third kappa shape index (κ3) is 2.49. The topological polar surface area (TPSA) is 29.0 Å². The molecule has 1 aromatic heterocycles. The van der Waals surface area contributed by atoms with Crippen molar-refractivity contribution >= 4 is 44.3 Å². The fraction of sp³-hybridized carbons (Fsp3) is 0.429. The van der Waals surface area contributed by atoms with E-state index in [2.05, 4.69) is 37.7 Å². The van der Waals surface area contributed by atoms with Crippen LogP contribution in [0.15, 0.2) is 16.6 Å². The summed E-state index contributed by atoms with van der Waals surface area (Å²) >= 11 is 9.15. The Labute approximate surface area is 130 Å². The highest BCUT2D eigenvalue weighted by Gasteiger charge is 2.22. The Balaban J connectivity index is 2.17. The molecule has 0 amide bonds. The van der Waals surface area contributed by atoms with E-state index in [0.717, 1.165) is 25.3 Å². The number of hydrogen-bond acceptors (Lipinski definition) is 3. The van der Waals surface area contributed by atoms with E-state index in [1.54, 1.807) is 6.07 Å². The molecule has 0 saturated carbocycles. The van der Waals surface area contributed by atoms with Gasteiger partial charge in [0.25, 0.3) is 0 Å². The molecule has 1 aliphatic heterocycles. The van der Waals surface area contributed by atoms with E-state index in [9.17, 15) is 4.39 Å². The van der Waals surface area contributed by atoms with Crippen molar-refractivity contribution in [3.8, 4) is 0 Å². The zero-order valence-electron chi connectivity index (χ0n) is 11.0. The largest absolute Gasteiger partial charge is 0.356 e. The fourth-order valence-corrected chi connectivity index (χ4v) is 3.20. The Kier molecular flexibility index (Phi) is 3.82. The molecule has 1 atom stereocenters. The first-order valence-electron chi connectivity index (χ1n) is 6.62. The average Bonchev–Trinajstić information content (AvgIpc) is 2.43. The molecule has 0 spiro atoms. The smallest absolute Gasteiger partial charge is 0.225 e. The van der Waals surface area contributed by atoms with Crippen molar-refractivity contribution in [1.82, 2.24) is 9.97 Å². The maximum absolute atomic E-state index is 14.2. The molecule has 0 N–H and O–H groups in total. The molecular formula is C14H14BrClFN3. The second-order valence-corrected chi connectivity index (χ2v) is 6.46. The summed E-state index contributed by atoms with van der Waals surface area (Å²) in [5.41, 5.74) is 0.271. The van der Waals surface area contributed by atoms with E-state index in [-0.39, 0.29) is 10.8 Å². The number of benzene rings is 1. The van der Waals surface area contributed by atoms with Crippen LogP contribution in [0.4, 0.5) is 10.2 Å². The van der Waals surface area contributed by atoms with Crippen LogP contribution < -0.4 is 4.90 Å². The van der Waals surface area contributed by atoms with Gasteiger partial charge in [-0.15, -0.1) is 0 Å². The van der Waals surface area contributed by atoms with Crippen LogP contribution in [-0.2, 0) is 0 Å². The van der Waals surface area contributed by atoms with Crippen LogP contribution in [0.1, 0.15) is 19.8 Å². The van der Waals surface area contributed by atoms with Crippen molar-refractivity contribution < 1.29 is 4.39 Å². The van der Waals surface area contributed by atoms with Crippen molar-refractivity contribution in [2.45, 2.75) is 19.8 Å². The Bertz CT molecular complexity index is 664. The van der Waals surface area contributed by atoms with Crippen LogP contribution in [0.3, 0.4) is 0 Å². The number of hydrogen-bond donors (Lipinski definition) is 0. The number of rotatable bonds is 1. The number of piperidine rings is 1. The summed E-state index contributed by atoms with van der Waals surface area (Å²) in [6, 6.07) is 3.53. The minimum atomic E-state index is -0.391. The van der Waals surface area contributed by atoms with E-state index in [0.29, 0.717) is 15.8 Å². The molecule has 2 heterocycles. The predicted octanol–water partition coefficient (Wildman–Crippen LogP) is 4.42. The molecule has 20 heavy (non-hydrogen) atoms. The van der Waals surface area contributed by atoms with Gasteiger partial charge in [-0.25, -0.2) is 9.37 Å². The van der Waals surface area contributed by atoms with E-state index in [4.69, 9.17) is 11.6 Å². The van der Waals surface area contributed by atoms with Crippen molar-refractivity contribution in [3.05, 3.63) is 27.7 Å². The lowest BCUT2D eigenvalue weighted by atomic mass is 10.00. The lowest BCUT2D eigenvalue weighted by molar-refractivity contribution is 0.445. The fourth-order valence-electron chi connectivity index (χ4n) is 2.72. The van der Waals surface area contributed by atoms with Gasteiger partial charge in [0.1, 0.15) is 11.3 Å². The highest BCUT2D eigenvalue weighted by Crippen LogP contribution is 2.32. The number of halogens is 3. The second-order valence-electron chi connectivity index (χ2n) is 5.27. The molecule has 1 saturated heterocycles. The summed E-state index contributed by atoms with van der Waals surface area (Å²) in [5, 5.41) is 0.798. The molecule has 1 aliphatic rings. The van der Waals surface area contributed by atoms with E-state index >= 15 is 0 Å². The third-order valence-electron chi connectivity index (χ3n) is 3.67. The standard InChI is InChI=1S/C14H14BrClFN3/c1-8-3-2-6-20(7-8)13-9-4-5-10(15)11(17)12(9)18-14(16)19-13/h4-5,8H,2-3,6-7H2,1H3. The van der Waals surface area contributed by atoms with E-state index < -0.39 is 5.82 Å². The van der Waals surface area contributed by atoms with Crippen molar-refractivity contribution in [2.24, 2.45) is 5.92 Å². The Morgan fingerprint density at radius 1 is 1.40 bits per heavy atom. The van der Waals surface area contributed by atoms with Gasteiger partial charge in [-0.2, -0.15) is 4.98 Å². The third-order valence-corrected chi connectivity index (χ3v) is 4.45. The van der Waals surface area contributed by atoms with Crippen LogP contribution in [0.25, 0.3) is 10.9 Å². The van der Waals surface area contributed by atoms with Gasteiger partial charge in [-0.3, -0.25) is 0 Å².